The summed E-state index contributed by atoms with van der Waals surface area (Å²) < 4.78 is 72.5. The van der Waals surface area contributed by atoms with Crippen molar-refractivity contribution in [2.75, 3.05) is 66.8 Å². The van der Waals surface area contributed by atoms with Gasteiger partial charge in [-0.1, -0.05) is 71.1 Å². The van der Waals surface area contributed by atoms with Crippen LogP contribution in [0.1, 0.15) is 126 Å². The molecule has 0 radical (unpaired) electrons. The van der Waals surface area contributed by atoms with Gasteiger partial charge in [-0.3, -0.25) is 19.2 Å². The zero-order valence-electron chi connectivity index (χ0n) is 47.0. The number of methoxy groups -OCH3 is 5. The molecule has 1 saturated carbocycles. The Morgan fingerprint density at radius 3 is 2.15 bits per heavy atom. The molecule has 15 atom stereocenters. The fraction of sp³-hybridized carbons (Fsp3) is 0.772. The predicted molar refractivity (Wildman–Crippen MR) is 284 cm³/mol. The number of carbonyl (C=O) groups excluding carboxylic acids is 5. The number of aliphatic hydroxyl groups is 1. The number of amides is 1. The summed E-state index contributed by atoms with van der Waals surface area (Å²) in [6.45, 7) is 12.8. The maximum atomic E-state index is 14.6. The van der Waals surface area contributed by atoms with Gasteiger partial charge in [-0.2, -0.15) is 0 Å². The molecule has 1 aliphatic carbocycles. The third-order valence-electron chi connectivity index (χ3n) is 16.0. The lowest BCUT2D eigenvalue weighted by Crippen LogP contribution is -2.61. The lowest BCUT2D eigenvalue weighted by Gasteiger charge is -2.43. The van der Waals surface area contributed by atoms with Crippen molar-refractivity contribution < 1.29 is 75.4 Å². The number of sulfone groups is 1. The van der Waals surface area contributed by atoms with E-state index in [1.165, 1.54) is 26.2 Å². The van der Waals surface area contributed by atoms with Crippen molar-refractivity contribution in [1.29, 1.82) is 0 Å². The monoisotopic (exact) mass is 1080 g/mol. The molecule has 4 aliphatic rings. The van der Waals surface area contributed by atoms with Gasteiger partial charge in [0.1, 0.15) is 30.1 Å². The highest BCUT2D eigenvalue weighted by atomic mass is 32.2. The average molecular weight is 1080 g/mol. The molecule has 1 N–H and O–H groups in total. The number of esters is 1. The second kappa shape index (κ2) is 30.6. The van der Waals surface area contributed by atoms with Crippen molar-refractivity contribution in [2.45, 2.75) is 180 Å². The topological polar surface area (TPSA) is 217 Å². The lowest BCUT2D eigenvalue weighted by molar-refractivity contribution is -0.266. The quantitative estimate of drug-likeness (QED) is 0.106. The molecule has 18 heteroatoms. The number of cyclic esters (lactones) is 1. The molecule has 0 aromatic rings. The van der Waals surface area contributed by atoms with Crippen LogP contribution in [0.25, 0.3) is 0 Å². The highest BCUT2D eigenvalue weighted by Gasteiger charge is 2.53. The first kappa shape index (κ1) is 64.1. The van der Waals surface area contributed by atoms with Gasteiger partial charge in [-0.05, 0) is 107 Å². The summed E-state index contributed by atoms with van der Waals surface area (Å²) >= 11 is 0. The van der Waals surface area contributed by atoms with Crippen molar-refractivity contribution in [3.05, 3.63) is 47.6 Å². The Morgan fingerprint density at radius 1 is 0.787 bits per heavy atom. The van der Waals surface area contributed by atoms with E-state index in [2.05, 4.69) is 0 Å². The number of nitrogens with zero attached hydrogens (tertiary/aromatic N) is 1. The molecule has 426 valence electrons. The van der Waals surface area contributed by atoms with E-state index in [9.17, 15) is 37.5 Å². The number of ketones is 3. The second-order valence-corrected chi connectivity index (χ2v) is 24.1. The van der Waals surface area contributed by atoms with E-state index in [4.69, 9.17) is 37.9 Å². The van der Waals surface area contributed by atoms with Crippen molar-refractivity contribution in [3.8, 4) is 0 Å². The summed E-state index contributed by atoms with van der Waals surface area (Å²) in [5, 5.41) is 12.2. The third kappa shape index (κ3) is 18.3. The first-order chi connectivity index (χ1) is 35.5. The Bertz CT molecular complexity index is 2120. The molecule has 17 nitrogen and oxygen atoms in total. The molecule has 0 aromatic carbocycles. The van der Waals surface area contributed by atoms with E-state index < -0.39 is 87.6 Å². The third-order valence-corrected chi connectivity index (χ3v) is 17.6. The normalized spacial score (nSPS) is 36.8. The van der Waals surface area contributed by atoms with Crippen LogP contribution in [-0.4, -0.2) is 169 Å². The maximum Gasteiger partial charge on any atom is 0.329 e. The van der Waals surface area contributed by atoms with Crippen molar-refractivity contribution in [2.24, 2.45) is 35.5 Å². The van der Waals surface area contributed by atoms with E-state index in [1.54, 1.807) is 41.1 Å². The average Bonchev–Trinajstić information content (AvgIpc) is 3.38. The van der Waals surface area contributed by atoms with Gasteiger partial charge in [-0.25, -0.2) is 13.2 Å². The molecule has 2 bridgehead atoms. The van der Waals surface area contributed by atoms with E-state index >= 15 is 0 Å². The van der Waals surface area contributed by atoms with Crippen LogP contribution in [0.5, 0.6) is 0 Å². The van der Waals surface area contributed by atoms with Crippen LogP contribution >= 0.6 is 0 Å². The summed E-state index contributed by atoms with van der Waals surface area (Å²) in [6, 6.07) is -1.17. The Labute approximate surface area is 447 Å². The van der Waals surface area contributed by atoms with Gasteiger partial charge >= 0.3 is 5.97 Å². The van der Waals surface area contributed by atoms with Crippen LogP contribution in [0.15, 0.2) is 47.6 Å². The number of piperidine rings is 1. The number of carbonyl (C=O) groups is 5. The highest BCUT2D eigenvalue weighted by Crippen LogP contribution is 2.38. The highest BCUT2D eigenvalue weighted by molar-refractivity contribution is 7.91. The predicted octanol–water partition coefficient (Wildman–Crippen LogP) is 6.92. The summed E-state index contributed by atoms with van der Waals surface area (Å²) in [6.07, 6.45) is 12.3. The van der Waals surface area contributed by atoms with Gasteiger partial charge in [0.2, 0.25) is 5.79 Å². The molecule has 1 amide bonds. The number of fused-ring (bicyclic) bond motifs is 3. The standard InChI is InChI=1S/C57H91NO16S/c1-36-18-14-13-15-19-37(2)48(72-27-29-75(65,66)28-26-67-8)34-44-23-21-42(7)57(64,74-44)54(61)55(62)58-25-17-16-20-45(58)56(63)73-49(39(4)32-43-22-24-47(68-9)50(33-43)69-10)35-46(59)38(3)31-41(6)52(70-11)53(71-12)51(60)40(5)30-36/h13-15,18-19,31,36,38-40,42-45,47-50,52-53,64H,16-17,20-30,32-35H2,1-12H3/b15-13+,18-14+,37-19+,41-31+/t36-,38-,39-,40-,42-,43+,44+,45+,47-,48+,49+,50-,52-,53+,57-/m1/s1. The van der Waals surface area contributed by atoms with Crippen LogP contribution < -0.4 is 0 Å². The summed E-state index contributed by atoms with van der Waals surface area (Å²) in [7, 11) is 4.23. The second-order valence-electron chi connectivity index (χ2n) is 21.8. The number of ether oxygens (including phenoxy) is 8. The van der Waals surface area contributed by atoms with Crippen LogP contribution in [0.4, 0.5) is 0 Å². The Hall–Kier alpha value is -3.46. The molecule has 0 spiro atoms. The molecule has 4 rings (SSSR count). The number of allylic oxidation sites excluding steroid dienone is 6. The summed E-state index contributed by atoms with van der Waals surface area (Å²) in [4.78, 5) is 73.2. The first-order valence-electron chi connectivity index (χ1n) is 27.2. The van der Waals surface area contributed by atoms with Gasteiger partial charge in [0.25, 0.3) is 11.7 Å². The van der Waals surface area contributed by atoms with E-state index in [0.717, 1.165) is 24.8 Å². The van der Waals surface area contributed by atoms with Crippen molar-refractivity contribution in [3.63, 3.8) is 0 Å². The van der Waals surface area contributed by atoms with Gasteiger partial charge in [0.15, 0.2) is 15.6 Å². The first-order valence-corrected chi connectivity index (χ1v) is 29.0. The van der Waals surface area contributed by atoms with Gasteiger partial charge < -0.3 is 47.9 Å². The number of hydrogen-bond donors (Lipinski definition) is 1. The fourth-order valence-corrected chi connectivity index (χ4v) is 12.2. The van der Waals surface area contributed by atoms with Crippen LogP contribution in [0, 0.1) is 35.5 Å². The molecule has 3 aliphatic heterocycles. The number of hydrogen-bond acceptors (Lipinski definition) is 16. The van der Waals surface area contributed by atoms with Gasteiger partial charge in [-0.15, -0.1) is 0 Å². The minimum absolute atomic E-state index is 0.00944. The van der Waals surface area contributed by atoms with Crippen molar-refractivity contribution >= 4 is 39.1 Å². The Kier molecular flexibility index (Phi) is 26.2. The van der Waals surface area contributed by atoms with Gasteiger partial charge in [0, 0.05) is 72.7 Å². The molecular formula is C57H91NO16S. The minimum Gasteiger partial charge on any atom is -0.460 e. The largest absolute Gasteiger partial charge is 0.460 e. The lowest BCUT2D eigenvalue weighted by atomic mass is 9.78. The number of Topliss-reactive ketones (excluding diaryl/α,β-unsaturated/α-hetero) is 3. The van der Waals surface area contributed by atoms with Crippen LogP contribution in [0.3, 0.4) is 0 Å². The fourth-order valence-electron chi connectivity index (χ4n) is 11.2. The minimum atomic E-state index is -3.50. The van der Waals surface area contributed by atoms with E-state index in [1.807, 2.05) is 58.1 Å². The number of rotatable bonds is 14. The zero-order chi connectivity index (χ0) is 55.6. The maximum absolute atomic E-state index is 14.6. The van der Waals surface area contributed by atoms with E-state index in [-0.39, 0.29) is 92.1 Å². The molecule has 3 heterocycles. The van der Waals surface area contributed by atoms with E-state index in [0.29, 0.717) is 44.1 Å². The molecule has 2 saturated heterocycles. The molecule has 0 unspecified atom stereocenters. The molecule has 0 aromatic heterocycles. The van der Waals surface area contributed by atoms with Crippen LogP contribution in [0.2, 0.25) is 0 Å². The Morgan fingerprint density at radius 2 is 1.48 bits per heavy atom. The van der Waals surface area contributed by atoms with Crippen molar-refractivity contribution in [1.82, 2.24) is 4.90 Å². The van der Waals surface area contributed by atoms with Crippen LogP contribution in [-0.2, 0) is 71.7 Å². The zero-order valence-corrected chi connectivity index (χ0v) is 47.8. The summed E-state index contributed by atoms with van der Waals surface area (Å²) in [5.74, 6) is -8.37. The van der Waals surface area contributed by atoms with Gasteiger partial charge in [0.05, 0.1) is 49.1 Å². The molecule has 75 heavy (non-hydrogen) atoms. The molecular weight excluding hydrogens is 987 g/mol. The Balaban J connectivity index is 1.74. The molecule has 3 fully saturated rings. The smallest absolute Gasteiger partial charge is 0.329 e. The SMILES string of the molecule is COCCS(=O)(=O)CCO[C@H]1C[C@@H]2CC[C@@H](C)[C@@](O)(O2)C(=O)C(=O)N2CCCC[C@H]2C(=O)O[C@H]([C@H](C)C[C@@H]2CC[C@@H](OC)[C@H](OC)C2)CC(=O)[C@H](C)/C=C(\C)[C@@H](OC)[C@@H](OC)C(=O)[C@H](C)C[C@H](C)/C=C/C=C/C=C/1C. The summed E-state index contributed by atoms with van der Waals surface area (Å²) in [5.41, 5.74) is 1.35.